The molecule has 1 aliphatic rings. The van der Waals surface area contributed by atoms with Crippen molar-refractivity contribution in [3.63, 3.8) is 0 Å². The molecule has 0 bridgehead atoms. The van der Waals surface area contributed by atoms with Gasteiger partial charge in [0.15, 0.2) is 0 Å². The normalized spacial score (nSPS) is 14.1. The van der Waals surface area contributed by atoms with Crippen LogP contribution < -0.4 is 20.7 Å². The lowest BCUT2D eigenvalue weighted by molar-refractivity contribution is 0.0997. The minimum atomic E-state index is -0.490. The van der Waals surface area contributed by atoms with Crippen LogP contribution in [0.1, 0.15) is 20.7 Å². The molecule has 0 saturated carbocycles. The van der Waals surface area contributed by atoms with E-state index in [0.717, 1.165) is 32.0 Å². The number of benzene rings is 2. The van der Waals surface area contributed by atoms with Gasteiger partial charge in [-0.2, -0.15) is 0 Å². The van der Waals surface area contributed by atoms with E-state index < -0.39 is 5.91 Å². The maximum atomic E-state index is 12.6. The molecule has 2 aromatic carbocycles. The topological polar surface area (TPSA) is 101 Å². The quantitative estimate of drug-likeness (QED) is 0.622. The second-order valence-electron chi connectivity index (χ2n) is 7.66. The standard InChI is InChI=1S/C24H25N5O3/c1-28-12-14-29(15-13-28)22-11-6-19(16-26-22)27-24(31)18-4-9-21(10-5-18)32-20-7-2-17(3-8-20)23(25)30/h2-11,16H,12-15H2,1H3,(H2,25,30)(H,27,31). The molecule has 3 N–H and O–H groups in total. The second kappa shape index (κ2) is 9.49. The van der Waals surface area contributed by atoms with Gasteiger partial charge in [0.25, 0.3) is 5.91 Å². The van der Waals surface area contributed by atoms with Gasteiger partial charge in [0.1, 0.15) is 17.3 Å². The van der Waals surface area contributed by atoms with E-state index in [4.69, 9.17) is 10.5 Å². The lowest BCUT2D eigenvalue weighted by Crippen LogP contribution is -2.44. The van der Waals surface area contributed by atoms with E-state index >= 15 is 0 Å². The van der Waals surface area contributed by atoms with Crippen molar-refractivity contribution in [2.24, 2.45) is 5.73 Å². The first-order chi connectivity index (χ1) is 15.5. The number of piperazine rings is 1. The lowest BCUT2D eigenvalue weighted by atomic mass is 10.2. The highest BCUT2D eigenvalue weighted by atomic mass is 16.5. The number of carbonyl (C=O) groups excluding carboxylic acids is 2. The number of amides is 2. The van der Waals surface area contributed by atoms with Crippen molar-refractivity contribution in [2.75, 3.05) is 43.4 Å². The van der Waals surface area contributed by atoms with E-state index in [-0.39, 0.29) is 5.91 Å². The van der Waals surface area contributed by atoms with Crippen LogP contribution in [0, 0.1) is 0 Å². The fourth-order valence-corrected chi connectivity index (χ4v) is 3.38. The van der Waals surface area contributed by atoms with Gasteiger partial charge in [-0.05, 0) is 67.7 Å². The molecule has 0 spiro atoms. The molecule has 164 valence electrons. The summed E-state index contributed by atoms with van der Waals surface area (Å²) in [6, 6.07) is 17.1. The number of likely N-dealkylation sites (N-methyl/N-ethyl adjacent to an activating group) is 1. The van der Waals surface area contributed by atoms with Crippen molar-refractivity contribution in [3.8, 4) is 11.5 Å². The van der Waals surface area contributed by atoms with Gasteiger partial charge in [-0.3, -0.25) is 9.59 Å². The Hall–Kier alpha value is -3.91. The zero-order chi connectivity index (χ0) is 22.5. The number of anilines is 2. The average Bonchev–Trinajstić information content (AvgIpc) is 2.81. The fraction of sp³-hybridized carbons (Fsp3) is 0.208. The van der Waals surface area contributed by atoms with Crippen LogP contribution in [0.3, 0.4) is 0 Å². The zero-order valence-electron chi connectivity index (χ0n) is 17.8. The van der Waals surface area contributed by atoms with Crippen molar-refractivity contribution in [1.82, 2.24) is 9.88 Å². The van der Waals surface area contributed by atoms with Crippen molar-refractivity contribution < 1.29 is 14.3 Å². The molecule has 2 heterocycles. The summed E-state index contributed by atoms with van der Waals surface area (Å²) in [5.41, 5.74) is 6.80. The van der Waals surface area contributed by atoms with Crippen LogP contribution in [0.4, 0.5) is 11.5 Å². The van der Waals surface area contributed by atoms with Gasteiger partial charge in [0.05, 0.1) is 11.9 Å². The van der Waals surface area contributed by atoms with E-state index in [1.807, 2.05) is 12.1 Å². The summed E-state index contributed by atoms with van der Waals surface area (Å²) in [5.74, 6) is 1.35. The van der Waals surface area contributed by atoms with Crippen LogP contribution in [-0.4, -0.2) is 54.9 Å². The monoisotopic (exact) mass is 431 g/mol. The molecule has 32 heavy (non-hydrogen) atoms. The summed E-state index contributed by atoms with van der Waals surface area (Å²) in [7, 11) is 2.12. The first-order valence-electron chi connectivity index (χ1n) is 10.4. The van der Waals surface area contributed by atoms with Gasteiger partial charge in [-0.1, -0.05) is 0 Å². The largest absolute Gasteiger partial charge is 0.457 e. The maximum absolute atomic E-state index is 12.6. The Kier molecular flexibility index (Phi) is 6.32. The summed E-state index contributed by atoms with van der Waals surface area (Å²) in [6.45, 7) is 3.91. The zero-order valence-corrected chi connectivity index (χ0v) is 17.8. The number of aromatic nitrogens is 1. The van der Waals surface area contributed by atoms with Gasteiger partial charge >= 0.3 is 0 Å². The molecule has 0 atom stereocenters. The minimum absolute atomic E-state index is 0.225. The number of primary amides is 1. The van der Waals surface area contributed by atoms with Crippen LogP contribution in [0.15, 0.2) is 66.9 Å². The van der Waals surface area contributed by atoms with Crippen LogP contribution >= 0.6 is 0 Å². The van der Waals surface area contributed by atoms with Crippen LogP contribution in [0.2, 0.25) is 0 Å². The van der Waals surface area contributed by atoms with Gasteiger partial charge in [-0.25, -0.2) is 4.98 Å². The molecule has 2 amide bonds. The summed E-state index contributed by atoms with van der Waals surface area (Å²) >= 11 is 0. The minimum Gasteiger partial charge on any atom is -0.457 e. The third-order valence-electron chi connectivity index (χ3n) is 5.32. The maximum Gasteiger partial charge on any atom is 0.255 e. The van der Waals surface area contributed by atoms with Gasteiger partial charge in [0, 0.05) is 37.3 Å². The SMILES string of the molecule is CN1CCN(c2ccc(NC(=O)c3ccc(Oc4ccc(C(N)=O)cc4)cc3)cn2)CC1. The molecule has 1 aromatic heterocycles. The Bertz CT molecular complexity index is 1070. The molecule has 0 unspecified atom stereocenters. The smallest absolute Gasteiger partial charge is 0.255 e. The van der Waals surface area contributed by atoms with Crippen molar-refractivity contribution in [2.45, 2.75) is 0 Å². The number of rotatable bonds is 6. The summed E-state index contributed by atoms with van der Waals surface area (Å²) in [6.07, 6.45) is 1.68. The van der Waals surface area contributed by atoms with E-state index in [2.05, 4.69) is 27.1 Å². The highest BCUT2D eigenvalue weighted by molar-refractivity contribution is 6.04. The molecule has 0 radical (unpaired) electrons. The fourth-order valence-electron chi connectivity index (χ4n) is 3.38. The molecule has 3 aromatic rings. The first kappa shape index (κ1) is 21.3. The molecule has 8 heteroatoms. The Labute approximate surface area is 186 Å². The molecular weight excluding hydrogens is 406 g/mol. The molecule has 4 rings (SSSR count). The van der Waals surface area contributed by atoms with Gasteiger partial charge < -0.3 is 25.6 Å². The highest BCUT2D eigenvalue weighted by Crippen LogP contribution is 2.23. The first-order valence-corrected chi connectivity index (χ1v) is 10.4. The van der Waals surface area contributed by atoms with E-state index in [1.54, 1.807) is 54.7 Å². The Morgan fingerprint density at radius 3 is 2.00 bits per heavy atom. The van der Waals surface area contributed by atoms with Crippen molar-refractivity contribution in [1.29, 1.82) is 0 Å². The van der Waals surface area contributed by atoms with Crippen LogP contribution in [-0.2, 0) is 0 Å². The van der Waals surface area contributed by atoms with Crippen molar-refractivity contribution >= 4 is 23.3 Å². The van der Waals surface area contributed by atoms with Crippen LogP contribution in [0.5, 0.6) is 11.5 Å². The molecule has 1 aliphatic heterocycles. The van der Waals surface area contributed by atoms with Crippen LogP contribution in [0.25, 0.3) is 0 Å². The number of ether oxygens (including phenoxy) is 1. The number of nitrogens with two attached hydrogens (primary N) is 1. The number of hydrogen-bond donors (Lipinski definition) is 2. The number of hydrogen-bond acceptors (Lipinski definition) is 6. The Balaban J connectivity index is 1.34. The predicted molar refractivity (Wildman–Crippen MR) is 123 cm³/mol. The number of nitrogens with zero attached hydrogens (tertiary/aromatic N) is 3. The summed E-state index contributed by atoms with van der Waals surface area (Å²) in [4.78, 5) is 32.7. The average molecular weight is 431 g/mol. The Morgan fingerprint density at radius 2 is 1.47 bits per heavy atom. The molecule has 1 saturated heterocycles. The Morgan fingerprint density at radius 1 is 0.875 bits per heavy atom. The molecular formula is C24H25N5O3. The number of pyridine rings is 1. The molecule has 8 nitrogen and oxygen atoms in total. The summed E-state index contributed by atoms with van der Waals surface area (Å²) < 4.78 is 5.74. The van der Waals surface area contributed by atoms with E-state index in [1.165, 1.54) is 0 Å². The molecule has 0 aliphatic carbocycles. The number of nitrogens with one attached hydrogen (secondary N) is 1. The second-order valence-corrected chi connectivity index (χ2v) is 7.66. The van der Waals surface area contributed by atoms with Gasteiger partial charge in [-0.15, -0.1) is 0 Å². The predicted octanol–water partition coefficient (Wildman–Crippen LogP) is 2.98. The number of carbonyl (C=O) groups is 2. The van der Waals surface area contributed by atoms with E-state index in [9.17, 15) is 9.59 Å². The lowest BCUT2D eigenvalue weighted by Gasteiger charge is -2.33. The third-order valence-corrected chi connectivity index (χ3v) is 5.32. The summed E-state index contributed by atoms with van der Waals surface area (Å²) in [5, 5.41) is 2.87. The molecule has 1 fully saturated rings. The van der Waals surface area contributed by atoms with Crippen molar-refractivity contribution in [3.05, 3.63) is 78.0 Å². The highest BCUT2D eigenvalue weighted by Gasteiger charge is 2.15. The van der Waals surface area contributed by atoms with E-state index in [0.29, 0.717) is 28.3 Å². The van der Waals surface area contributed by atoms with Gasteiger partial charge in [0.2, 0.25) is 5.91 Å². The third kappa shape index (κ3) is 5.22.